The molecule has 0 radical (unpaired) electrons. The number of likely N-dealkylation sites (tertiary alicyclic amines) is 2. The van der Waals surface area contributed by atoms with Gasteiger partial charge in [0.05, 0.1) is 6.04 Å². The van der Waals surface area contributed by atoms with E-state index in [0.29, 0.717) is 45.2 Å². The summed E-state index contributed by atoms with van der Waals surface area (Å²) in [6.07, 6.45) is 2.68. The quantitative estimate of drug-likeness (QED) is 0.522. The van der Waals surface area contributed by atoms with Crippen LogP contribution in [0, 0.1) is 11.8 Å². The molecule has 0 aliphatic carbocycles. The molecule has 0 bridgehead atoms. The molecule has 9 heteroatoms. The van der Waals surface area contributed by atoms with Crippen LogP contribution in [0.15, 0.2) is 0 Å². The fourth-order valence-corrected chi connectivity index (χ4v) is 4.23. The van der Waals surface area contributed by atoms with Crippen LogP contribution in [0.2, 0.25) is 0 Å². The lowest BCUT2D eigenvalue weighted by atomic mass is 9.99. The van der Waals surface area contributed by atoms with Gasteiger partial charge in [-0.2, -0.15) is 0 Å². The Kier molecular flexibility index (Phi) is 8.23. The van der Waals surface area contributed by atoms with Crippen molar-refractivity contribution in [3.05, 3.63) is 0 Å². The zero-order valence-corrected chi connectivity index (χ0v) is 18.5. The van der Waals surface area contributed by atoms with Gasteiger partial charge < -0.3 is 26.0 Å². The third kappa shape index (κ3) is 5.50. The van der Waals surface area contributed by atoms with Crippen LogP contribution in [0.25, 0.3) is 0 Å². The molecule has 0 spiro atoms. The summed E-state index contributed by atoms with van der Waals surface area (Å²) in [5.74, 6) is -1.90. The minimum absolute atomic E-state index is 0.0657. The van der Waals surface area contributed by atoms with Gasteiger partial charge in [0.2, 0.25) is 17.7 Å². The molecular formula is C21H36N4O5. The SMILES string of the molecule is CC(C)C[C@H](NC(=O)[C@@H](N)C(C)C)C(=O)N1CCC[C@H]1C(=O)N1CCC[C@H]1C(=O)O. The summed E-state index contributed by atoms with van der Waals surface area (Å²) < 4.78 is 0. The number of carboxylic acid groups (broad SMARTS) is 1. The van der Waals surface area contributed by atoms with Crippen molar-refractivity contribution in [2.45, 2.75) is 84.0 Å². The Hall–Kier alpha value is -2.16. The first-order valence-corrected chi connectivity index (χ1v) is 10.9. The number of carbonyl (C=O) groups excluding carboxylic acids is 3. The normalized spacial score (nSPS) is 23.7. The first kappa shape index (κ1) is 24.1. The van der Waals surface area contributed by atoms with Crippen LogP contribution in [-0.4, -0.2) is 75.9 Å². The molecule has 0 aromatic carbocycles. The van der Waals surface area contributed by atoms with Crippen LogP contribution in [0.3, 0.4) is 0 Å². The zero-order chi connectivity index (χ0) is 22.6. The molecule has 2 aliphatic heterocycles. The van der Waals surface area contributed by atoms with E-state index in [1.807, 2.05) is 27.7 Å². The molecule has 2 aliphatic rings. The summed E-state index contributed by atoms with van der Waals surface area (Å²) in [5.41, 5.74) is 5.94. The predicted octanol–water partition coefficient (Wildman–Crippen LogP) is 0.567. The number of carbonyl (C=O) groups is 4. The average Bonchev–Trinajstić information content (AvgIpc) is 3.34. The fraction of sp³-hybridized carbons (Fsp3) is 0.810. The first-order valence-electron chi connectivity index (χ1n) is 10.9. The Bertz CT molecular complexity index is 666. The molecule has 30 heavy (non-hydrogen) atoms. The average molecular weight is 425 g/mol. The van der Waals surface area contributed by atoms with Crippen molar-refractivity contribution in [2.75, 3.05) is 13.1 Å². The standard InChI is InChI=1S/C21H36N4O5/c1-12(2)11-14(23-18(26)17(22)13(3)4)19(27)24-9-5-7-15(24)20(28)25-10-6-8-16(25)21(29)30/h12-17H,5-11,22H2,1-4H3,(H,23,26)(H,29,30)/t14-,15-,16-,17-/m0/s1. The Balaban J connectivity index is 2.16. The van der Waals surface area contributed by atoms with Gasteiger partial charge in [-0.15, -0.1) is 0 Å². The first-order chi connectivity index (χ1) is 14.0. The van der Waals surface area contributed by atoms with E-state index in [4.69, 9.17) is 5.73 Å². The molecule has 4 N–H and O–H groups in total. The minimum atomic E-state index is -1.01. The van der Waals surface area contributed by atoms with E-state index in [9.17, 15) is 24.3 Å². The summed E-state index contributed by atoms with van der Waals surface area (Å²) in [7, 11) is 0. The van der Waals surface area contributed by atoms with Crippen LogP contribution in [0.4, 0.5) is 0 Å². The number of nitrogens with zero attached hydrogens (tertiary/aromatic N) is 2. The highest BCUT2D eigenvalue weighted by molar-refractivity contribution is 5.94. The third-order valence-corrected chi connectivity index (χ3v) is 5.98. The van der Waals surface area contributed by atoms with Gasteiger partial charge in [0.25, 0.3) is 0 Å². The van der Waals surface area contributed by atoms with E-state index in [1.165, 1.54) is 9.80 Å². The summed E-state index contributed by atoms with van der Waals surface area (Å²) in [4.78, 5) is 53.3. The van der Waals surface area contributed by atoms with Crippen LogP contribution >= 0.6 is 0 Å². The number of aliphatic carboxylic acids is 1. The number of nitrogens with two attached hydrogens (primary N) is 1. The van der Waals surface area contributed by atoms with Crippen molar-refractivity contribution in [3.8, 4) is 0 Å². The van der Waals surface area contributed by atoms with Crippen LogP contribution in [-0.2, 0) is 19.2 Å². The molecule has 0 saturated carbocycles. The molecule has 2 fully saturated rings. The van der Waals surface area contributed by atoms with Crippen molar-refractivity contribution in [1.29, 1.82) is 0 Å². The second-order valence-corrected chi connectivity index (χ2v) is 9.18. The zero-order valence-electron chi connectivity index (χ0n) is 18.5. The largest absolute Gasteiger partial charge is 0.480 e. The number of rotatable bonds is 8. The summed E-state index contributed by atoms with van der Waals surface area (Å²) in [6, 6.07) is -2.98. The van der Waals surface area contributed by atoms with Crippen molar-refractivity contribution < 1.29 is 24.3 Å². The lowest BCUT2D eigenvalue weighted by molar-refractivity contribution is -0.152. The van der Waals surface area contributed by atoms with E-state index < -0.39 is 30.1 Å². The molecule has 0 aromatic rings. The molecule has 2 saturated heterocycles. The van der Waals surface area contributed by atoms with Crippen LogP contribution < -0.4 is 11.1 Å². The Labute approximate surface area is 178 Å². The highest BCUT2D eigenvalue weighted by atomic mass is 16.4. The molecule has 4 atom stereocenters. The maximum Gasteiger partial charge on any atom is 0.326 e. The number of amides is 3. The molecule has 3 amide bonds. The monoisotopic (exact) mass is 424 g/mol. The van der Waals surface area contributed by atoms with Gasteiger partial charge in [-0.3, -0.25) is 14.4 Å². The van der Waals surface area contributed by atoms with Crippen LogP contribution in [0.5, 0.6) is 0 Å². The number of hydrogen-bond donors (Lipinski definition) is 3. The maximum absolute atomic E-state index is 13.3. The van der Waals surface area contributed by atoms with Crippen molar-refractivity contribution in [3.63, 3.8) is 0 Å². The van der Waals surface area contributed by atoms with Gasteiger partial charge in [0.15, 0.2) is 0 Å². The molecule has 0 aromatic heterocycles. The smallest absolute Gasteiger partial charge is 0.326 e. The Morgan fingerprint density at radius 3 is 2.10 bits per heavy atom. The highest BCUT2D eigenvalue weighted by Crippen LogP contribution is 2.26. The molecule has 170 valence electrons. The maximum atomic E-state index is 13.3. The number of carboxylic acids is 1. The molecule has 2 rings (SSSR count). The summed E-state index contributed by atoms with van der Waals surface area (Å²) in [5, 5.41) is 12.2. The van der Waals surface area contributed by atoms with Crippen molar-refractivity contribution in [2.24, 2.45) is 17.6 Å². The highest BCUT2D eigenvalue weighted by Gasteiger charge is 2.43. The van der Waals surface area contributed by atoms with Crippen molar-refractivity contribution >= 4 is 23.7 Å². The summed E-state index contributed by atoms with van der Waals surface area (Å²) in [6.45, 7) is 8.42. The topological polar surface area (TPSA) is 133 Å². The van der Waals surface area contributed by atoms with E-state index in [2.05, 4.69) is 5.32 Å². The van der Waals surface area contributed by atoms with Crippen LogP contribution in [0.1, 0.15) is 59.8 Å². The molecule has 2 heterocycles. The second kappa shape index (κ2) is 10.2. The lowest BCUT2D eigenvalue weighted by Crippen LogP contribution is -2.57. The number of hydrogen-bond acceptors (Lipinski definition) is 5. The Morgan fingerprint density at radius 2 is 1.57 bits per heavy atom. The van der Waals surface area contributed by atoms with Gasteiger partial charge in [0, 0.05) is 13.1 Å². The van der Waals surface area contributed by atoms with E-state index >= 15 is 0 Å². The van der Waals surface area contributed by atoms with E-state index in [0.717, 1.165) is 0 Å². The Morgan fingerprint density at radius 1 is 1.00 bits per heavy atom. The van der Waals surface area contributed by atoms with Gasteiger partial charge in [-0.1, -0.05) is 27.7 Å². The van der Waals surface area contributed by atoms with Gasteiger partial charge >= 0.3 is 5.97 Å². The molecular weight excluding hydrogens is 388 g/mol. The third-order valence-electron chi connectivity index (χ3n) is 5.98. The minimum Gasteiger partial charge on any atom is -0.480 e. The molecule has 0 unspecified atom stereocenters. The lowest BCUT2D eigenvalue weighted by Gasteiger charge is -2.33. The van der Waals surface area contributed by atoms with E-state index in [-0.39, 0.29) is 29.6 Å². The predicted molar refractivity (Wildman–Crippen MR) is 111 cm³/mol. The van der Waals surface area contributed by atoms with Gasteiger partial charge in [0.1, 0.15) is 18.1 Å². The van der Waals surface area contributed by atoms with Gasteiger partial charge in [-0.25, -0.2) is 4.79 Å². The summed E-state index contributed by atoms with van der Waals surface area (Å²) >= 11 is 0. The van der Waals surface area contributed by atoms with Gasteiger partial charge in [-0.05, 0) is 43.9 Å². The fourth-order valence-electron chi connectivity index (χ4n) is 4.23. The number of nitrogens with one attached hydrogen (secondary N) is 1. The van der Waals surface area contributed by atoms with E-state index in [1.54, 1.807) is 0 Å². The second-order valence-electron chi connectivity index (χ2n) is 9.18. The van der Waals surface area contributed by atoms with Crippen molar-refractivity contribution in [1.82, 2.24) is 15.1 Å². The molecule has 9 nitrogen and oxygen atoms in total.